The summed E-state index contributed by atoms with van der Waals surface area (Å²) >= 11 is 0. The number of ether oxygens (including phenoxy) is 1. The van der Waals surface area contributed by atoms with Gasteiger partial charge in [0, 0.05) is 18.7 Å². The molecule has 1 atom stereocenters. The molecule has 0 radical (unpaired) electrons. The molecular weight excluding hydrogens is 204 g/mol. The molecule has 0 aromatic carbocycles. The van der Waals surface area contributed by atoms with E-state index in [9.17, 15) is 4.79 Å². The van der Waals surface area contributed by atoms with Gasteiger partial charge in [0.05, 0.1) is 12.1 Å². The van der Waals surface area contributed by atoms with Crippen molar-refractivity contribution in [3.63, 3.8) is 0 Å². The Morgan fingerprint density at radius 1 is 1.38 bits per heavy atom. The van der Waals surface area contributed by atoms with Crippen LogP contribution in [0.1, 0.15) is 39.5 Å². The first kappa shape index (κ1) is 11.9. The standard InChI is InChI=1S/C12H22N2O2/c1-3-16-11-6-10(7-11)13-8(2)12(15)14-9-4-5-9/h8-11,13H,3-7H2,1-2H3,(H,14,15). The van der Waals surface area contributed by atoms with Crippen LogP contribution in [0, 0.1) is 0 Å². The molecule has 4 heteroatoms. The maximum absolute atomic E-state index is 11.7. The number of hydrogen-bond donors (Lipinski definition) is 2. The highest BCUT2D eigenvalue weighted by atomic mass is 16.5. The minimum Gasteiger partial charge on any atom is -0.378 e. The number of nitrogens with one attached hydrogen (secondary N) is 2. The minimum atomic E-state index is -0.0758. The zero-order valence-electron chi connectivity index (χ0n) is 10.2. The second-order valence-electron chi connectivity index (χ2n) is 4.92. The second kappa shape index (κ2) is 5.15. The fourth-order valence-corrected chi connectivity index (χ4v) is 2.06. The van der Waals surface area contributed by atoms with Crippen molar-refractivity contribution in [2.45, 2.75) is 63.8 Å². The van der Waals surface area contributed by atoms with Crippen LogP contribution in [-0.2, 0) is 9.53 Å². The zero-order valence-corrected chi connectivity index (χ0v) is 10.2. The second-order valence-corrected chi connectivity index (χ2v) is 4.92. The van der Waals surface area contributed by atoms with Gasteiger partial charge >= 0.3 is 0 Å². The SMILES string of the molecule is CCOC1CC(NC(C)C(=O)NC2CC2)C1. The lowest BCUT2D eigenvalue weighted by Gasteiger charge is -2.37. The quantitative estimate of drug-likeness (QED) is 0.704. The van der Waals surface area contributed by atoms with Gasteiger partial charge in [0.15, 0.2) is 0 Å². The molecule has 2 rings (SSSR count). The smallest absolute Gasteiger partial charge is 0.237 e. The van der Waals surface area contributed by atoms with Crippen LogP contribution in [0.2, 0.25) is 0 Å². The third-order valence-corrected chi connectivity index (χ3v) is 3.30. The molecule has 2 fully saturated rings. The van der Waals surface area contributed by atoms with Crippen molar-refractivity contribution in [2.24, 2.45) is 0 Å². The van der Waals surface area contributed by atoms with E-state index in [1.54, 1.807) is 0 Å². The molecular formula is C12H22N2O2. The molecule has 0 aromatic rings. The lowest BCUT2D eigenvalue weighted by Crippen LogP contribution is -2.53. The molecule has 0 heterocycles. The molecule has 92 valence electrons. The summed E-state index contributed by atoms with van der Waals surface area (Å²) in [6, 6.07) is 0.832. The summed E-state index contributed by atoms with van der Waals surface area (Å²) in [6.45, 7) is 4.74. The summed E-state index contributed by atoms with van der Waals surface area (Å²) < 4.78 is 5.48. The van der Waals surface area contributed by atoms with E-state index in [-0.39, 0.29) is 11.9 Å². The summed E-state index contributed by atoms with van der Waals surface area (Å²) in [5, 5.41) is 6.36. The van der Waals surface area contributed by atoms with Crippen molar-refractivity contribution in [3.05, 3.63) is 0 Å². The van der Waals surface area contributed by atoms with Crippen LogP contribution >= 0.6 is 0 Å². The summed E-state index contributed by atoms with van der Waals surface area (Å²) in [6.07, 6.45) is 4.77. The fourth-order valence-electron chi connectivity index (χ4n) is 2.06. The van der Waals surface area contributed by atoms with Crippen LogP contribution in [0.5, 0.6) is 0 Å². The monoisotopic (exact) mass is 226 g/mol. The average Bonchev–Trinajstić information content (AvgIpc) is 2.98. The van der Waals surface area contributed by atoms with Gasteiger partial charge in [0.1, 0.15) is 0 Å². The van der Waals surface area contributed by atoms with Crippen LogP contribution in [0.15, 0.2) is 0 Å². The minimum absolute atomic E-state index is 0.0758. The van der Waals surface area contributed by atoms with Gasteiger partial charge in [-0.1, -0.05) is 0 Å². The van der Waals surface area contributed by atoms with Crippen LogP contribution < -0.4 is 10.6 Å². The maximum Gasteiger partial charge on any atom is 0.237 e. The van der Waals surface area contributed by atoms with E-state index in [0.717, 1.165) is 32.3 Å². The van der Waals surface area contributed by atoms with E-state index >= 15 is 0 Å². The van der Waals surface area contributed by atoms with Crippen molar-refractivity contribution < 1.29 is 9.53 Å². The van der Waals surface area contributed by atoms with Gasteiger partial charge in [-0.05, 0) is 39.5 Å². The Balaban J connectivity index is 1.60. The summed E-state index contributed by atoms with van der Waals surface area (Å²) in [5.74, 6) is 0.141. The molecule has 0 bridgehead atoms. The molecule has 0 aromatic heterocycles. The average molecular weight is 226 g/mol. The Morgan fingerprint density at radius 3 is 2.62 bits per heavy atom. The number of carbonyl (C=O) groups is 1. The number of amides is 1. The molecule has 2 N–H and O–H groups in total. The first-order valence-corrected chi connectivity index (χ1v) is 6.37. The van der Waals surface area contributed by atoms with E-state index in [4.69, 9.17) is 4.74 Å². The van der Waals surface area contributed by atoms with Crippen molar-refractivity contribution in [1.82, 2.24) is 10.6 Å². The van der Waals surface area contributed by atoms with Crippen molar-refractivity contribution in [1.29, 1.82) is 0 Å². The van der Waals surface area contributed by atoms with Crippen molar-refractivity contribution in [3.8, 4) is 0 Å². The Bertz CT molecular complexity index is 247. The molecule has 2 saturated carbocycles. The van der Waals surface area contributed by atoms with E-state index < -0.39 is 0 Å². The van der Waals surface area contributed by atoms with Crippen LogP contribution in [0.25, 0.3) is 0 Å². The van der Waals surface area contributed by atoms with Crippen LogP contribution in [0.4, 0.5) is 0 Å². The topological polar surface area (TPSA) is 50.4 Å². The third kappa shape index (κ3) is 3.19. The van der Waals surface area contributed by atoms with Gasteiger partial charge in [0.2, 0.25) is 5.91 Å². The predicted octanol–water partition coefficient (Wildman–Crippen LogP) is 0.811. The summed E-state index contributed by atoms with van der Waals surface area (Å²) in [7, 11) is 0. The number of hydrogen-bond acceptors (Lipinski definition) is 3. The van der Waals surface area contributed by atoms with Crippen molar-refractivity contribution in [2.75, 3.05) is 6.61 Å². The van der Waals surface area contributed by atoms with E-state index in [1.165, 1.54) is 0 Å². The molecule has 4 nitrogen and oxygen atoms in total. The van der Waals surface area contributed by atoms with E-state index in [2.05, 4.69) is 10.6 Å². The molecule has 2 aliphatic carbocycles. The molecule has 0 saturated heterocycles. The normalized spacial score (nSPS) is 30.6. The highest BCUT2D eigenvalue weighted by Crippen LogP contribution is 2.24. The Hall–Kier alpha value is -0.610. The van der Waals surface area contributed by atoms with Gasteiger partial charge < -0.3 is 15.4 Å². The molecule has 1 unspecified atom stereocenters. The van der Waals surface area contributed by atoms with Crippen molar-refractivity contribution >= 4 is 5.91 Å². The highest BCUT2D eigenvalue weighted by Gasteiger charge is 2.32. The van der Waals surface area contributed by atoms with Crippen LogP contribution in [-0.4, -0.2) is 36.7 Å². The van der Waals surface area contributed by atoms with E-state index in [1.807, 2.05) is 13.8 Å². The molecule has 1 amide bonds. The zero-order chi connectivity index (χ0) is 11.5. The molecule has 0 aliphatic heterocycles. The Labute approximate surface area is 97.1 Å². The fraction of sp³-hybridized carbons (Fsp3) is 0.917. The molecule has 16 heavy (non-hydrogen) atoms. The van der Waals surface area contributed by atoms with Gasteiger partial charge in [-0.2, -0.15) is 0 Å². The largest absolute Gasteiger partial charge is 0.378 e. The highest BCUT2D eigenvalue weighted by molar-refractivity contribution is 5.81. The van der Waals surface area contributed by atoms with Gasteiger partial charge in [-0.25, -0.2) is 0 Å². The molecule has 0 spiro atoms. The van der Waals surface area contributed by atoms with Gasteiger partial charge in [0.25, 0.3) is 0 Å². The lowest BCUT2D eigenvalue weighted by atomic mass is 9.88. The summed E-state index contributed by atoms with van der Waals surface area (Å²) in [5.41, 5.74) is 0. The lowest BCUT2D eigenvalue weighted by molar-refractivity contribution is -0.123. The number of carbonyl (C=O) groups excluding carboxylic acids is 1. The third-order valence-electron chi connectivity index (χ3n) is 3.30. The van der Waals surface area contributed by atoms with Gasteiger partial charge in [-0.3, -0.25) is 4.79 Å². The van der Waals surface area contributed by atoms with E-state index in [0.29, 0.717) is 18.2 Å². The van der Waals surface area contributed by atoms with Crippen LogP contribution in [0.3, 0.4) is 0 Å². The van der Waals surface area contributed by atoms with Gasteiger partial charge in [-0.15, -0.1) is 0 Å². The Kier molecular flexibility index (Phi) is 3.82. The predicted molar refractivity (Wildman–Crippen MR) is 62.2 cm³/mol. The molecule has 2 aliphatic rings. The Morgan fingerprint density at radius 2 is 2.06 bits per heavy atom. The first-order valence-electron chi connectivity index (χ1n) is 6.37. The summed E-state index contributed by atoms with van der Waals surface area (Å²) in [4.78, 5) is 11.7. The maximum atomic E-state index is 11.7. The number of rotatable bonds is 6. The first-order chi connectivity index (χ1) is 7.69.